The van der Waals surface area contributed by atoms with E-state index in [1.165, 1.54) is 37.4 Å². The lowest BCUT2D eigenvalue weighted by Crippen LogP contribution is -2.50. The van der Waals surface area contributed by atoms with Gasteiger partial charge < -0.3 is 20.9 Å². The standard InChI is InChI=1S/C27H34FN5O6/c1-4-6-22(16-7-9-20(26(35)36)21(29)13-16)31-27(37)33-15-24(32-39-5-2)30-14-18(25(33)34)11-17-12-19(28)8-10-23(17)38-3/h7-10,12-13,18,22H,4-6,11,14-15,29H2,1-3H3,(H,30,32)(H,31,37)(H,35,36)/t18-,22+/m0/s1. The third kappa shape index (κ3) is 7.44. The monoisotopic (exact) mass is 543 g/mol. The van der Waals surface area contributed by atoms with Crippen LogP contribution in [-0.2, 0) is 16.1 Å². The lowest BCUT2D eigenvalue weighted by Gasteiger charge is -2.27. The topological polar surface area (TPSA) is 156 Å². The van der Waals surface area contributed by atoms with Crippen LogP contribution in [0.3, 0.4) is 0 Å². The summed E-state index contributed by atoms with van der Waals surface area (Å²) in [4.78, 5) is 49.3. The van der Waals surface area contributed by atoms with Crippen molar-refractivity contribution in [1.29, 1.82) is 0 Å². The van der Waals surface area contributed by atoms with Crippen molar-refractivity contribution in [2.75, 3.05) is 32.5 Å². The second kappa shape index (κ2) is 13.6. The number of carbonyl (C=O) groups is 3. The summed E-state index contributed by atoms with van der Waals surface area (Å²) in [5, 5.41) is 12.2. The number of amides is 3. The molecule has 0 fully saturated rings. The predicted molar refractivity (Wildman–Crippen MR) is 143 cm³/mol. The first-order valence-corrected chi connectivity index (χ1v) is 12.7. The predicted octanol–water partition coefficient (Wildman–Crippen LogP) is 3.31. The third-order valence-electron chi connectivity index (χ3n) is 6.30. The highest BCUT2D eigenvalue weighted by Crippen LogP contribution is 2.26. The number of nitrogens with two attached hydrogens (primary N) is 1. The van der Waals surface area contributed by atoms with E-state index in [2.05, 4.69) is 15.8 Å². The summed E-state index contributed by atoms with van der Waals surface area (Å²) in [5.41, 5.74) is 9.73. The van der Waals surface area contributed by atoms with Gasteiger partial charge in [0.15, 0.2) is 0 Å². The van der Waals surface area contributed by atoms with Gasteiger partial charge in [-0.2, -0.15) is 0 Å². The average molecular weight is 544 g/mol. The van der Waals surface area contributed by atoms with Crippen molar-refractivity contribution in [2.24, 2.45) is 10.9 Å². The summed E-state index contributed by atoms with van der Waals surface area (Å²) < 4.78 is 19.3. The van der Waals surface area contributed by atoms with Gasteiger partial charge >= 0.3 is 12.0 Å². The highest BCUT2D eigenvalue weighted by atomic mass is 19.1. The molecule has 0 spiro atoms. The highest BCUT2D eigenvalue weighted by molar-refractivity contribution is 6.01. The number of hydrogen-bond donors (Lipinski definition) is 4. The molecule has 11 nitrogen and oxygen atoms in total. The number of imide groups is 1. The van der Waals surface area contributed by atoms with Gasteiger partial charge in [0.2, 0.25) is 5.91 Å². The van der Waals surface area contributed by atoms with Crippen LogP contribution in [0.4, 0.5) is 14.9 Å². The minimum Gasteiger partial charge on any atom is -0.496 e. The van der Waals surface area contributed by atoms with E-state index in [0.29, 0.717) is 36.3 Å². The smallest absolute Gasteiger partial charge is 0.337 e. The number of nitrogens with zero attached hydrogens (tertiary/aromatic N) is 2. The van der Waals surface area contributed by atoms with Gasteiger partial charge in [0.1, 0.15) is 17.4 Å². The zero-order valence-corrected chi connectivity index (χ0v) is 22.2. The molecule has 3 amide bonds. The first-order chi connectivity index (χ1) is 18.7. The van der Waals surface area contributed by atoms with Crippen molar-refractivity contribution >= 4 is 29.4 Å². The molecule has 1 heterocycles. The van der Waals surface area contributed by atoms with Gasteiger partial charge in [0.05, 0.1) is 44.3 Å². The number of rotatable bonds is 10. The Morgan fingerprint density at radius 3 is 2.67 bits per heavy atom. The number of nitrogen functional groups attached to an aromatic ring is 1. The molecule has 5 N–H and O–H groups in total. The Morgan fingerprint density at radius 2 is 2.03 bits per heavy atom. The maximum atomic E-state index is 14.0. The minimum absolute atomic E-state index is 0.0403. The second-order valence-corrected chi connectivity index (χ2v) is 9.05. The lowest BCUT2D eigenvalue weighted by atomic mass is 9.97. The number of methoxy groups -OCH3 is 1. The van der Waals surface area contributed by atoms with Gasteiger partial charge in [-0.3, -0.25) is 25.0 Å². The average Bonchev–Trinajstić information content (AvgIpc) is 3.05. The maximum absolute atomic E-state index is 14.0. The molecule has 12 heteroatoms. The van der Waals surface area contributed by atoms with E-state index in [1.54, 1.807) is 13.0 Å². The number of benzene rings is 2. The van der Waals surface area contributed by atoms with Crippen LogP contribution in [0, 0.1) is 11.7 Å². The fraction of sp³-hybridized carbons (Fsp3) is 0.407. The molecule has 1 aliphatic rings. The summed E-state index contributed by atoms with van der Waals surface area (Å²) in [6, 6.07) is 7.34. The van der Waals surface area contributed by atoms with Crippen molar-refractivity contribution in [3.63, 3.8) is 0 Å². The molecule has 2 aromatic rings. The van der Waals surface area contributed by atoms with Crippen LogP contribution < -0.4 is 21.3 Å². The molecule has 2 aromatic carbocycles. The molecule has 0 aliphatic carbocycles. The summed E-state index contributed by atoms with van der Waals surface area (Å²) in [5.74, 6) is -2.18. The van der Waals surface area contributed by atoms with E-state index >= 15 is 0 Å². The quantitative estimate of drug-likeness (QED) is 0.263. The Morgan fingerprint density at radius 1 is 1.26 bits per heavy atom. The van der Waals surface area contributed by atoms with E-state index in [0.717, 1.165) is 4.90 Å². The van der Waals surface area contributed by atoms with Crippen LogP contribution >= 0.6 is 0 Å². The van der Waals surface area contributed by atoms with Gasteiger partial charge in [0, 0.05) is 5.69 Å². The zero-order chi connectivity index (χ0) is 28.5. The summed E-state index contributed by atoms with van der Waals surface area (Å²) in [6.07, 6.45) is 1.31. The van der Waals surface area contributed by atoms with E-state index in [4.69, 9.17) is 15.3 Å². The fourth-order valence-corrected chi connectivity index (χ4v) is 4.34. The molecular weight excluding hydrogens is 509 g/mol. The van der Waals surface area contributed by atoms with Crippen molar-refractivity contribution in [1.82, 2.24) is 15.7 Å². The Bertz CT molecular complexity index is 1240. The molecule has 0 aromatic heterocycles. The van der Waals surface area contributed by atoms with Gasteiger partial charge in [-0.25, -0.2) is 14.0 Å². The zero-order valence-electron chi connectivity index (χ0n) is 22.2. The van der Waals surface area contributed by atoms with E-state index in [1.807, 2.05) is 6.92 Å². The van der Waals surface area contributed by atoms with E-state index < -0.39 is 35.7 Å². The van der Waals surface area contributed by atoms with Crippen molar-refractivity contribution in [3.8, 4) is 5.75 Å². The van der Waals surface area contributed by atoms with Crippen LogP contribution in [0.5, 0.6) is 5.75 Å². The van der Waals surface area contributed by atoms with Crippen LogP contribution in [0.25, 0.3) is 0 Å². The molecular formula is C27H34FN5O6. The maximum Gasteiger partial charge on any atom is 0.337 e. The normalized spacial score (nSPS) is 16.2. The van der Waals surface area contributed by atoms with Crippen molar-refractivity contribution in [2.45, 2.75) is 39.2 Å². The number of aromatic carboxylic acids is 1. The molecule has 2 atom stereocenters. The van der Waals surface area contributed by atoms with Crippen LogP contribution in [0.2, 0.25) is 0 Å². The number of amidine groups is 1. The van der Waals surface area contributed by atoms with Crippen LogP contribution in [0.15, 0.2) is 41.4 Å². The largest absolute Gasteiger partial charge is 0.496 e. The number of hydroxylamine groups is 1. The molecule has 39 heavy (non-hydrogen) atoms. The SMILES string of the molecule is CCC[C@@H](NC(=O)N1CC(NOCC)=NC[C@H](Cc2cc(F)ccc2OC)C1=O)c1ccc(C(=O)O)c(N)c1. The number of hydrogen-bond acceptors (Lipinski definition) is 8. The fourth-order valence-electron chi connectivity index (χ4n) is 4.34. The Hall–Kier alpha value is -4.19. The Labute approximate surface area is 226 Å². The van der Waals surface area contributed by atoms with Crippen molar-refractivity contribution in [3.05, 3.63) is 58.9 Å². The molecule has 0 radical (unpaired) electrons. The number of nitrogens with one attached hydrogen (secondary N) is 2. The number of carboxylic acids is 1. The van der Waals surface area contributed by atoms with E-state index in [9.17, 15) is 23.9 Å². The molecule has 0 bridgehead atoms. The van der Waals surface area contributed by atoms with Gasteiger partial charge in [-0.05, 0) is 61.2 Å². The number of ether oxygens (including phenoxy) is 1. The molecule has 3 rings (SSSR count). The number of halogens is 1. The van der Waals surface area contributed by atoms with Gasteiger partial charge in [-0.1, -0.05) is 19.4 Å². The number of aliphatic imine (C=N–C) groups is 1. The summed E-state index contributed by atoms with van der Waals surface area (Å²) in [7, 11) is 1.46. The van der Waals surface area contributed by atoms with Gasteiger partial charge in [0.25, 0.3) is 0 Å². The number of anilines is 1. The number of urea groups is 1. The van der Waals surface area contributed by atoms with Crippen molar-refractivity contribution < 1.29 is 33.5 Å². The third-order valence-corrected chi connectivity index (χ3v) is 6.30. The first-order valence-electron chi connectivity index (χ1n) is 12.7. The summed E-state index contributed by atoms with van der Waals surface area (Å²) in [6.45, 7) is 3.92. The van der Waals surface area contributed by atoms with Crippen LogP contribution in [-0.4, -0.2) is 60.6 Å². The van der Waals surface area contributed by atoms with Gasteiger partial charge in [-0.15, -0.1) is 0 Å². The van der Waals surface area contributed by atoms with E-state index in [-0.39, 0.29) is 36.6 Å². The number of carboxylic acid groups (broad SMARTS) is 1. The molecule has 0 unspecified atom stereocenters. The Kier molecular flexibility index (Phi) is 10.2. The van der Waals surface area contributed by atoms with Crippen LogP contribution in [0.1, 0.15) is 54.2 Å². The molecule has 1 aliphatic heterocycles. The highest BCUT2D eigenvalue weighted by Gasteiger charge is 2.34. The summed E-state index contributed by atoms with van der Waals surface area (Å²) >= 11 is 0. The Balaban J connectivity index is 1.89. The second-order valence-electron chi connectivity index (χ2n) is 9.05. The first kappa shape index (κ1) is 29.4. The molecule has 0 saturated carbocycles. The molecule has 210 valence electrons. The minimum atomic E-state index is -1.15. The lowest BCUT2D eigenvalue weighted by molar-refractivity contribution is -0.131. The molecule has 0 saturated heterocycles. The number of carbonyl (C=O) groups excluding carboxylic acids is 2.